The highest BCUT2D eigenvalue weighted by Crippen LogP contribution is 2.15. The maximum Gasteiger partial charge on any atom is 0.253 e. The molecule has 1 fully saturated rings. The minimum absolute atomic E-state index is 0.0314. The van der Waals surface area contributed by atoms with Gasteiger partial charge in [-0.1, -0.05) is 12.1 Å². The Morgan fingerprint density at radius 1 is 0.926 bits per heavy atom. The second-order valence-corrected chi connectivity index (χ2v) is 6.53. The van der Waals surface area contributed by atoms with Gasteiger partial charge in [0.1, 0.15) is 11.6 Å². The maximum absolute atomic E-state index is 12.9. The van der Waals surface area contributed by atoms with Crippen molar-refractivity contribution in [3.8, 4) is 5.75 Å². The number of carbonyl (C=O) groups is 2. The van der Waals surface area contributed by atoms with Gasteiger partial charge in [0.05, 0.1) is 7.11 Å². The summed E-state index contributed by atoms with van der Waals surface area (Å²) >= 11 is 0. The van der Waals surface area contributed by atoms with E-state index in [1.165, 1.54) is 12.1 Å². The van der Waals surface area contributed by atoms with Crippen LogP contribution in [0.4, 0.5) is 4.39 Å². The van der Waals surface area contributed by atoms with Crippen LogP contribution in [0.5, 0.6) is 5.75 Å². The fourth-order valence-electron chi connectivity index (χ4n) is 3.14. The lowest BCUT2D eigenvalue weighted by molar-refractivity contribution is -0.132. The first-order valence-corrected chi connectivity index (χ1v) is 9.02. The van der Waals surface area contributed by atoms with Crippen molar-refractivity contribution in [3.63, 3.8) is 0 Å². The largest absolute Gasteiger partial charge is 0.497 e. The smallest absolute Gasteiger partial charge is 0.253 e. The first-order chi connectivity index (χ1) is 13.1. The Hall–Kier alpha value is -2.89. The van der Waals surface area contributed by atoms with Crippen molar-refractivity contribution in [1.29, 1.82) is 0 Å². The molecule has 2 aromatic rings. The molecule has 0 saturated carbocycles. The van der Waals surface area contributed by atoms with E-state index in [0.717, 1.165) is 5.56 Å². The molecule has 2 amide bonds. The number of amides is 2. The van der Waals surface area contributed by atoms with Crippen LogP contribution in [0, 0.1) is 5.82 Å². The molecule has 0 aromatic heterocycles. The molecular formula is C21H23FN2O3. The summed E-state index contributed by atoms with van der Waals surface area (Å²) in [5.41, 5.74) is 1.56. The maximum atomic E-state index is 12.9. The number of rotatable bonds is 5. The number of halogens is 1. The molecule has 5 nitrogen and oxygen atoms in total. The van der Waals surface area contributed by atoms with Gasteiger partial charge >= 0.3 is 0 Å². The molecule has 0 radical (unpaired) electrons. The van der Waals surface area contributed by atoms with Crippen molar-refractivity contribution < 1.29 is 18.7 Å². The highest BCUT2D eigenvalue weighted by Gasteiger charge is 2.24. The van der Waals surface area contributed by atoms with Crippen molar-refractivity contribution in [3.05, 3.63) is 65.5 Å². The predicted molar refractivity (Wildman–Crippen MR) is 100 cm³/mol. The van der Waals surface area contributed by atoms with E-state index in [4.69, 9.17) is 4.74 Å². The van der Waals surface area contributed by atoms with Gasteiger partial charge in [-0.05, 0) is 48.4 Å². The molecule has 0 spiro atoms. The van der Waals surface area contributed by atoms with E-state index in [2.05, 4.69) is 0 Å². The van der Waals surface area contributed by atoms with Gasteiger partial charge in [0.2, 0.25) is 5.91 Å². The summed E-state index contributed by atoms with van der Waals surface area (Å²) in [6.07, 6.45) is 0.974. The molecular weight excluding hydrogens is 347 g/mol. The number of nitrogens with zero attached hydrogens (tertiary/aromatic N) is 2. The van der Waals surface area contributed by atoms with Gasteiger partial charge in [0.25, 0.3) is 5.91 Å². The van der Waals surface area contributed by atoms with Crippen LogP contribution in [-0.4, -0.2) is 54.9 Å². The predicted octanol–water partition coefficient (Wildman–Crippen LogP) is 2.75. The molecule has 0 atom stereocenters. The highest BCUT2D eigenvalue weighted by atomic mass is 19.1. The van der Waals surface area contributed by atoms with Crippen molar-refractivity contribution in [2.45, 2.75) is 12.8 Å². The fraction of sp³-hybridized carbons (Fsp3) is 0.333. The Morgan fingerprint density at radius 3 is 2.11 bits per heavy atom. The zero-order valence-corrected chi connectivity index (χ0v) is 15.4. The lowest BCUT2D eigenvalue weighted by Crippen LogP contribution is -2.50. The van der Waals surface area contributed by atoms with Gasteiger partial charge in [-0.25, -0.2) is 4.39 Å². The number of carbonyl (C=O) groups excluding carboxylic acids is 2. The monoisotopic (exact) mass is 370 g/mol. The van der Waals surface area contributed by atoms with E-state index in [0.29, 0.717) is 50.3 Å². The molecule has 1 saturated heterocycles. The average molecular weight is 370 g/mol. The molecule has 6 heteroatoms. The van der Waals surface area contributed by atoms with E-state index < -0.39 is 0 Å². The number of hydrogen-bond donors (Lipinski definition) is 0. The Kier molecular flexibility index (Phi) is 6.06. The lowest BCUT2D eigenvalue weighted by atomic mass is 10.1. The summed E-state index contributed by atoms with van der Waals surface area (Å²) in [5.74, 6) is 0.470. The molecule has 142 valence electrons. The topological polar surface area (TPSA) is 49.9 Å². The summed E-state index contributed by atoms with van der Waals surface area (Å²) < 4.78 is 18.0. The fourth-order valence-corrected chi connectivity index (χ4v) is 3.14. The molecule has 0 aliphatic carbocycles. The number of piperazine rings is 1. The standard InChI is InChI=1S/C21H23FN2O3/c1-27-19-9-5-17(6-10-19)21(26)24-14-12-23(13-15-24)20(25)11-4-16-2-7-18(22)8-3-16/h2-3,5-10H,4,11-15H2,1H3. The van der Waals surface area contributed by atoms with Crippen molar-refractivity contribution in [1.82, 2.24) is 9.80 Å². The Bertz CT molecular complexity index is 782. The van der Waals surface area contributed by atoms with Gasteiger partial charge in [-0.3, -0.25) is 9.59 Å². The number of methoxy groups -OCH3 is 1. The normalized spacial score (nSPS) is 14.1. The number of aryl methyl sites for hydroxylation is 1. The van der Waals surface area contributed by atoms with Crippen LogP contribution in [0.1, 0.15) is 22.3 Å². The van der Waals surface area contributed by atoms with Crippen LogP contribution in [0.15, 0.2) is 48.5 Å². The molecule has 3 rings (SSSR count). The van der Waals surface area contributed by atoms with Gasteiger partial charge < -0.3 is 14.5 Å². The first-order valence-electron chi connectivity index (χ1n) is 9.02. The molecule has 0 bridgehead atoms. The highest BCUT2D eigenvalue weighted by molar-refractivity contribution is 5.94. The van der Waals surface area contributed by atoms with Gasteiger partial charge in [-0.2, -0.15) is 0 Å². The van der Waals surface area contributed by atoms with Crippen LogP contribution >= 0.6 is 0 Å². The Balaban J connectivity index is 1.48. The third-order valence-corrected chi connectivity index (χ3v) is 4.80. The van der Waals surface area contributed by atoms with E-state index in [9.17, 15) is 14.0 Å². The third-order valence-electron chi connectivity index (χ3n) is 4.80. The Morgan fingerprint density at radius 2 is 1.52 bits per heavy atom. The van der Waals surface area contributed by atoms with E-state index in [1.54, 1.807) is 53.3 Å². The summed E-state index contributed by atoms with van der Waals surface area (Å²) in [6, 6.07) is 13.3. The van der Waals surface area contributed by atoms with Crippen LogP contribution in [0.3, 0.4) is 0 Å². The lowest BCUT2D eigenvalue weighted by Gasteiger charge is -2.35. The SMILES string of the molecule is COc1ccc(C(=O)N2CCN(C(=O)CCc3ccc(F)cc3)CC2)cc1. The van der Waals surface area contributed by atoms with Crippen molar-refractivity contribution >= 4 is 11.8 Å². The number of ether oxygens (including phenoxy) is 1. The second kappa shape index (κ2) is 8.66. The molecule has 1 aliphatic heterocycles. The molecule has 2 aromatic carbocycles. The van der Waals surface area contributed by atoms with Gasteiger partial charge in [-0.15, -0.1) is 0 Å². The number of benzene rings is 2. The minimum atomic E-state index is -0.275. The van der Waals surface area contributed by atoms with E-state index >= 15 is 0 Å². The van der Waals surface area contributed by atoms with Crippen molar-refractivity contribution in [2.75, 3.05) is 33.3 Å². The molecule has 1 heterocycles. The first kappa shape index (κ1) is 18.9. The van der Waals surface area contributed by atoms with E-state index in [1.807, 2.05) is 0 Å². The van der Waals surface area contributed by atoms with Crippen LogP contribution in [-0.2, 0) is 11.2 Å². The summed E-state index contributed by atoms with van der Waals surface area (Å²) in [6.45, 7) is 2.11. The average Bonchev–Trinajstić information content (AvgIpc) is 2.73. The summed E-state index contributed by atoms with van der Waals surface area (Å²) in [4.78, 5) is 28.5. The Labute approximate surface area is 158 Å². The van der Waals surface area contributed by atoms with Gasteiger partial charge in [0, 0.05) is 38.2 Å². The third kappa shape index (κ3) is 4.84. The quantitative estimate of drug-likeness (QED) is 0.813. The second-order valence-electron chi connectivity index (χ2n) is 6.53. The molecule has 0 unspecified atom stereocenters. The van der Waals surface area contributed by atoms with Crippen LogP contribution in [0.2, 0.25) is 0 Å². The van der Waals surface area contributed by atoms with E-state index in [-0.39, 0.29) is 17.6 Å². The minimum Gasteiger partial charge on any atom is -0.497 e. The van der Waals surface area contributed by atoms with Crippen molar-refractivity contribution in [2.24, 2.45) is 0 Å². The van der Waals surface area contributed by atoms with Crippen LogP contribution in [0.25, 0.3) is 0 Å². The van der Waals surface area contributed by atoms with Gasteiger partial charge in [0.15, 0.2) is 0 Å². The molecule has 0 N–H and O–H groups in total. The zero-order valence-electron chi connectivity index (χ0n) is 15.4. The van der Waals surface area contributed by atoms with Crippen LogP contribution < -0.4 is 4.74 Å². The zero-order chi connectivity index (χ0) is 19.2. The molecule has 27 heavy (non-hydrogen) atoms. The summed E-state index contributed by atoms with van der Waals surface area (Å²) in [7, 11) is 1.59. The number of hydrogen-bond acceptors (Lipinski definition) is 3. The molecule has 1 aliphatic rings. The summed E-state index contributed by atoms with van der Waals surface area (Å²) in [5, 5.41) is 0.